The van der Waals surface area contributed by atoms with Gasteiger partial charge in [0.1, 0.15) is 5.60 Å². The van der Waals surface area contributed by atoms with Gasteiger partial charge in [-0.1, -0.05) is 6.92 Å². The van der Waals surface area contributed by atoms with Gasteiger partial charge in [-0.05, 0) is 56.5 Å². The Kier molecular flexibility index (Phi) is 3.98. The van der Waals surface area contributed by atoms with E-state index in [2.05, 4.69) is 23.7 Å². The molecule has 1 fully saturated rings. The Morgan fingerprint density at radius 3 is 3.00 bits per heavy atom. The second-order valence-electron chi connectivity index (χ2n) is 7.70. The molecule has 4 nitrogen and oxygen atoms in total. The summed E-state index contributed by atoms with van der Waals surface area (Å²) in [5.41, 5.74) is 0.914. The number of nitrogens with zero attached hydrogens (tertiary/aromatic N) is 1. The fourth-order valence-corrected chi connectivity index (χ4v) is 4.85. The number of piperidine rings is 1. The third-order valence-electron chi connectivity index (χ3n) is 4.38. The first-order chi connectivity index (χ1) is 10.3. The van der Waals surface area contributed by atoms with Crippen LogP contribution in [0.4, 0.5) is 4.79 Å². The standard InChI is InChI=1S/C17H26N2O2S/c1-12-9-17(14-13(5-7-18-17)6-8-22-14)11-19(10-12)15(20)21-16(2,3)4/h6,8,12,18H,5,7,9-11H2,1-4H3. The first kappa shape index (κ1) is 15.8. The van der Waals surface area contributed by atoms with Crippen LogP contribution in [0.25, 0.3) is 0 Å². The molecule has 0 aromatic carbocycles. The quantitative estimate of drug-likeness (QED) is 0.796. The van der Waals surface area contributed by atoms with E-state index < -0.39 is 5.60 Å². The van der Waals surface area contributed by atoms with Crippen LogP contribution >= 0.6 is 11.3 Å². The molecular weight excluding hydrogens is 296 g/mol. The fourth-order valence-electron chi connectivity index (χ4n) is 3.72. The van der Waals surface area contributed by atoms with Crippen molar-refractivity contribution in [1.29, 1.82) is 0 Å². The van der Waals surface area contributed by atoms with E-state index in [9.17, 15) is 4.79 Å². The van der Waals surface area contributed by atoms with E-state index in [4.69, 9.17) is 4.74 Å². The molecule has 1 spiro atoms. The molecule has 0 bridgehead atoms. The van der Waals surface area contributed by atoms with Crippen LogP contribution in [0.3, 0.4) is 0 Å². The lowest BCUT2D eigenvalue weighted by atomic mass is 9.79. The minimum Gasteiger partial charge on any atom is -0.444 e. The number of hydrogen-bond donors (Lipinski definition) is 1. The zero-order valence-electron chi connectivity index (χ0n) is 13.9. The van der Waals surface area contributed by atoms with E-state index in [1.54, 1.807) is 0 Å². The predicted octanol–water partition coefficient (Wildman–Crippen LogP) is 3.37. The molecule has 0 saturated carbocycles. The molecule has 1 saturated heterocycles. The van der Waals surface area contributed by atoms with Crippen LogP contribution in [0.5, 0.6) is 0 Å². The number of carbonyl (C=O) groups excluding carboxylic acids is 1. The molecule has 2 unspecified atom stereocenters. The maximum absolute atomic E-state index is 12.5. The number of thiophene rings is 1. The molecule has 3 heterocycles. The second kappa shape index (κ2) is 5.53. The molecule has 1 aromatic rings. The normalized spacial score (nSPS) is 28.5. The molecule has 1 aromatic heterocycles. The van der Waals surface area contributed by atoms with E-state index in [1.807, 2.05) is 37.0 Å². The SMILES string of the molecule is CC1CN(C(=O)OC(C)(C)C)CC2(C1)NCCc1ccsc12. The van der Waals surface area contributed by atoms with Crippen LogP contribution in [0.1, 0.15) is 44.6 Å². The van der Waals surface area contributed by atoms with Crippen molar-refractivity contribution < 1.29 is 9.53 Å². The van der Waals surface area contributed by atoms with Crippen LogP contribution < -0.4 is 5.32 Å². The number of likely N-dealkylation sites (tertiary alicyclic amines) is 1. The summed E-state index contributed by atoms with van der Waals surface area (Å²) in [4.78, 5) is 15.8. The first-order valence-corrected chi connectivity index (χ1v) is 8.97. The minimum atomic E-state index is -0.445. The van der Waals surface area contributed by atoms with Crippen LogP contribution in [-0.2, 0) is 16.7 Å². The summed E-state index contributed by atoms with van der Waals surface area (Å²) in [6.45, 7) is 10.5. The highest BCUT2D eigenvalue weighted by molar-refractivity contribution is 7.10. The molecule has 22 heavy (non-hydrogen) atoms. The number of ether oxygens (including phenoxy) is 1. The van der Waals surface area contributed by atoms with E-state index in [-0.39, 0.29) is 11.6 Å². The van der Waals surface area contributed by atoms with Gasteiger partial charge in [0, 0.05) is 24.5 Å². The van der Waals surface area contributed by atoms with Gasteiger partial charge in [-0.3, -0.25) is 0 Å². The third kappa shape index (κ3) is 3.01. The van der Waals surface area contributed by atoms with E-state index >= 15 is 0 Å². The van der Waals surface area contributed by atoms with Crippen molar-refractivity contribution in [3.05, 3.63) is 21.9 Å². The molecule has 0 radical (unpaired) electrons. The Balaban J connectivity index is 1.85. The lowest BCUT2D eigenvalue weighted by molar-refractivity contribution is 0.00217. The zero-order valence-corrected chi connectivity index (χ0v) is 14.8. The Hall–Kier alpha value is -1.07. The summed E-state index contributed by atoms with van der Waals surface area (Å²) >= 11 is 1.82. The third-order valence-corrected chi connectivity index (χ3v) is 5.54. The Morgan fingerprint density at radius 2 is 2.27 bits per heavy atom. The van der Waals surface area contributed by atoms with Crippen LogP contribution in [0, 0.1) is 5.92 Å². The van der Waals surface area contributed by atoms with Gasteiger partial charge in [0.25, 0.3) is 0 Å². The van der Waals surface area contributed by atoms with Crippen molar-refractivity contribution >= 4 is 17.4 Å². The summed E-state index contributed by atoms with van der Waals surface area (Å²) in [5, 5.41) is 5.89. The molecule has 0 aliphatic carbocycles. The van der Waals surface area contributed by atoms with Crippen LogP contribution in [0.15, 0.2) is 11.4 Å². The molecule has 3 rings (SSSR count). The van der Waals surface area contributed by atoms with Crippen LogP contribution in [0.2, 0.25) is 0 Å². The average molecular weight is 322 g/mol. The number of carbonyl (C=O) groups is 1. The minimum absolute atomic E-state index is 0.0870. The highest BCUT2D eigenvalue weighted by Crippen LogP contribution is 2.41. The van der Waals surface area contributed by atoms with E-state index in [0.717, 1.165) is 25.9 Å². The van der Waals surface area contributed by atoms with Gasteiger partial charge in [0.05, 0.1) is 5.54 Å². The van der Waals surface area contributed by atoms with Crippen molar-refractivity contribution in [1.82, 2.24) is 10.2 Å². The topological polar surface area (TPSA) is 41.6 Å². The monoisotopic (exact) mass is 322 g/mol. The zero-order chi connectivity index (χ0) is 16.0. The Labute approximate surface area is 136 Å². The number of rotatable bonds is 0. The van der Waals surface area contributed by atoms with Crippen molar-refractivity contribution in [2.45, 2.75) is 51.7 Å². The van der Waals surface area contributed by atoms with Gasteiger partial charge in [0.15, 0.2) is 0 Å². The van der Waals surface area contributed by atoms with Crippen LogP contribution in [-0.4, -0.2) is 36.2 Å². The molecular formula is C17H26N2O2S. The molecule has 2 aliphatic rings. The van der Waals surface area contributed by atoms with Gasteiger partial charge in [-0.2, -0.15) is 0 Å². The average Bonchev–Trinajstić information content (AvgIpc) is 2.86. The summed E-state index contributed by atoms with van der Waals surface area (Å²) < 4.78 is 5.59. The Morgan fingerprint density at radius 1 is 1.50 bits per heavy atom. The number of amides is 1. The Bertz CT molecular complexity index is 563. The van der Waals surface area contributed by atoms with Crippen molar-refractivity contribution in [3.63, 3.8) is 0 Å². The van der Waals surface area contributed by atoms with Gasteiger partial charge in [-0.25, -0.2) is 4.79 Å². The summed E-state index contributed by atoms with van der Waals surface area (Å²) in [6, 6.07) is 2.24. The molecule has 2 atom stereocenters. The lowest BCUT2D eigenvalue weighted by Gasteiger charge is -2.47. The van der Waals surface area contributed by atoms with Gasteiger partial charge in [-0.15, -0.1) is 11.3 Å². The molecule has 5 heteroatoms. The van der Waals surface area contributed by atoms with E-state index in [1.165, 1.54) is 10.4 Å². The maximum Gasteiger partial charge on any atom is 0.410 e. The molecule has 2 aliphatic heterocycles. The number of hydrogen-bond acceptors (Lipinski definition) is 4. The highest BCUT2D eigenvalue weighted by atomic mass is 32.1. The fraction of sp³-hybridized carbons (Fsp3) is 0.706. The summed E-state index contributed by atoms with van der Waals surface area (Å²) in [5.74, 6) is 0.460. The van der Waals surface area contributed by atoms with Crippen molar-refractivity contribution in [2.24, 2.45) is 5.92 Å². The second-order valence-corrected chi connectivity index (χ2v) is 8.62. The maximum atomic E-state index is 12.5. The predicted molar refractivity (Wildman–Crippen MR) is 89.3 cm³/mol. The first-order valence-electron chi connectivity index (χ1n) is 8.09. The smallest absolute Gasteiger partial charge is 0.410 e. The lowest BCUT2D eigenvalue weighted by Crippen LogP contribution is -2.60. The number of fused-ring (bicyclic) bond motifs is 2. The van der Waals surface area contributed by atoms with Gasteiger partial charge < -0.3 is 15.0 Å². The number of nitrogens with one attached hydrogen (secondary N) is 1. The van der Waals surface area contributed by atoms with Gasteiger partial charge in [0.2, 0.25) is 0 Å². The van der Waals surface area contributed by atoms with Crippen molar-refractivity contribution in [3.8, 4) is 0 Å². The van der Waals surface area contributed by atoms with E-state index in [0.29, 0.717) is 12.5 Å². The van der Waals surface area contributed by atoms with Crippen molar-refractivity contribution in [2.75, 3.05) is 19.6 Å². The highest BCUT2D eigenvalue weighted by Gasteiger charge is 2.45. The molecule has 1 N–H and O–H groups in total. The largest absolute Gasteiger partial charge is 0.444 e. The molecule has 1 amide bonds. The molecule has 122 valence electrons. The summed E-state index contributed by atoms with van der Waals surface area (Å²) in [6.07, 6.45) is 1.98. The van der Waals surface area contributed by atoms with Gasteiger partial charge >= 0.3 is 6.09 Å². The summed E-state index contributed by atoms with van der Waals surface area (Å²) in [7, 11) is 0.